The van der Waals surface area contributed by atoms with Gasteiger partial charge < -0.3 is 19.9 Å². The molecule has 0 aromatic heterocycles. The Morgan fingerprint density at radius 2 is 2.00 bits per heavy atom. The van der Waals surface area contributed by atoms with Crippen molar-refractivity contribution < 1.29 is 9.53 Å². The monoisotopic (exact) mass is 478 g/mol. The van der Waals surface area contributed by atoms with Crippen LogP contribution in [0.25, 0.3) is 0 Å². The Hall–Kier alpha value is -0.570. The molecule has 3 aliphatic rings. The number of amides is 1. The Balaban J connectivity index is 0.00000243. The topological polar surface area (TPSA) is 57.2 Å². The molecule has 1 spiro atoms. The fourth-order valence-electron chi connectivity index (χ4n) is 4.37. The summed E-state index contributed by atoms with van der Waals surface area (Å²) in [6, 6.07) is 0. The van der Waals surface area contributed by atoms with Gasteiger partial charge in [-0.25, -0.2) is 4.99 Å². The third-order valence-corrected chi connectivity index (χ3v) is 6.03. The third-order valence-electron chi connectivity index (χ3n) is 6.03. The van der Waals surface area contributed by atoms with Crippen molar-refractivity contribution >= 4 is 35.8 Å². The largest absolute Gasteiger partial charge is 0.376 e. The van der Waals surface area contributed by atoms with Gasteiger partial charge in [0.25, 0.3) is 0 Å². The summed E-state index contributed by atoms with van der Waals surface area (Å²) >= 11 is 0. The number of likely N-dealkylation sites (tertiary alicyclic amines) is 1. The van der Waals surface area contributed by atoms with E-state index in [4.69, 9.17) is 4.74 Å². The summed E-state index contributed by atoms with van der Waals surface area (Å²) in [5, 5.41) is 3.51. The highest BCUT2D eigenvalue weighted by Gasteiger charge is 2.41. The van der Waals surface area contributed by atoms with E-state index >= 15 is 0 Å². The molecule has 0 radical (unpaired) electrons. The summed E-state index contributed by atoms with van der Waals surface area (Å²) < 4.78 is 5.84. The van der Waals surface area contributed by atoms with Gasteiger partial charge in [0, 0.05) is 40.3 Å². The van der Waals surface area contributed by atoms with E-state index in [9.17, 15) is 4.79 Å². The van der Waals surface area contributed by atoms with Crippen LogP contribution < -0.4 is 5.32 Å². The molecule has 0 aromatic rings. The van der Waals surface area contributed by atoms with E-state index in [1.54, 1.807) is 19.0 Å². The zero-order chi connectivity index (χ0) is 17.7. The Morgan fingerprint density at radius 3 is 2.65 bits per heavy atom. The van der Waals surface area contributed by atoms with Crippen LogP contribution >= 0.6 is 24.0 Å². The molecular weight excluding hydrogens is 443 g/mol. The average molecular weight is 478 g/mol. The highest BCUT2D eigenvalue weighted by atomic mass is 127. The van der Waals surface area contributed by atoms with E-state index in [2.05, 4.69) is 15.2 Å². The molecule has 2 saturated heterocycles. The lowest BCUT2D eigenvalue weighted by molar-refractivity contribution is -0.127. The average Bonchev–Trinajstić information content (AvgIpc) is 3.25. The van der Waals surface area contributed by atoms with Crippen LogP contribution in [0.4, 0.5) is 0 Å². The van der Waals surface area contributed by atoms with Gasteiger partial charge in [-0.3, -0.25) is 4.79 Å². The van der Waals surface area contributed by atoms with Gasteiger partial charge in [-0.1, -0.05) is 12.8 Å². The molecule has 1 aliphatic carbocycles. The zero-order valence-corrected chi connectivity index (χ0v) is 18.7. The van der Waals surface area contributed by atoms with Gasteiger partial charge in [0.1, 0.15) is 6.54 Å². The highest BCUT2D eigenvalue weighted by Crippen LogP contribution is 2.45. The molecule has 26 heavy (non-hydrogen) atoms. The first-order valence-corrected chi connectivity index (χ1v) is 9.93. The summed E-state index contributed by atoms with van der Waals surface area (Å²) in [4.78, 5) is 20.6. The first-order valence-electron chi connectivity index (χ1n) is 9.93. The summed E-state index contributed by atoms with van der Waals surface area (Å²) in [6.07, 6.45) is 10.5. The van der Waals surface area contributed by atoms with Crippen LogP contribution in [0, 0.1) is 5.41 Å². The molecule has 0 aromatic carbocycles. The number of hydrogen-bond donors (Lipinski definition) is 1. The maximum absolute atomic E-state index is 12.0. The Kier molecular flexibility index (Phi) is 8.44. The molecular formula is C19H35IN4O2. The lowest BCUT2D eigenvalue weighted by Gasteiger charge is -2.28. The minimum Gasteiger partial charge on any atom is -0.376 e. The van der Waals surface area contributed by atoms with Crippen molar-refractivity contribution in [3.05, 3.63) is 0 Å². The van der Waals surface area contributed by atoms with Gasteiger partial charge in [0.2, 0.25) is 5.91 Å². The van der Waals surface area contributed by atoms with Crippen molar-refractivity contribution in [2.24, 2.45) is 10.4 Å². The van der Waals surface area contributed by atoms with Gasteiger partial charge >= 0.3 is 0 Å². The Labute approximate surface area is 175 Å². The standard InChI is InChI=1S/C19H34N4O2.HI/c1-22(2)17(24)14-21-18(20-13-16-7-3-6-12-25-16)23-11-10-19(15-23)8-4-5-9-19;/h16H,3-15H2,1-2H3,(H,20,21);1H. The molecule has 1 atom stereocenters. The van der Waals surface area contributed by atoms with Crippen LogP contribution in [-0.2, 0) is 9.53 Å². The molecule has 1 N–H and O–H groups in total. The van der Waals surface area contributed by atoms with Crippen molar-refractivity contribution in [2.75, 3.05) is 46.9 Å². The van der Waals surface area contributed by atoms with Gasteiger partial charge in [-0.2, -0.15) is 0 Å². The molecule has 1 unspecified atom stereocenters. The minimum atomic E-state index is 0. The lowest BCUT2D eigenvalue weighted by Crippen LogP contribution is -2.45. The van der Waals surface area contributed by atoms with Crippen LogP contribution in [0.3, 0.4) is 0 Å². The van der Waals surface area contributed by atoms with E-state index in [0.717, 1.165) is 38.6 Å². The second kappa shape index (κ2) is 10.1. The van der Waals surface area contributed by atoms with Crippen molar-refractivity contribution in [2.45, 2.75) is 57.5 Å². The van der Waals surface area contributed by atoms with Crippen LogP contribution in [0.2, 0.25) is 0 Å². The maximum Gasteiger partial charge on any atom is 0.243 e. The number of carbonyl (C=O) groups is 1. The smallest absolute Gasteiger partial charge is 0.243 e. The molecule has 1 saturated carbocycles. The molecule has 1 amide bonds. The molecule has 150 valence electrons. The van der Waals surface area contributed by atoms with E-state index in [-0.39, 0.29) is 42.5 Å². The van der Waals surface area contributed by atoms with Crippen molar-refractivity contribution in [3.63, 3.8) is 0 Å². The molecule has 3 fully saturated rings. The van der Waals surface area contributed by atoms with Crippen molar-refractivity contribution in [1.29, 1.82) is 0 Å². The van der Waals surface area contributed by atoms with Crippen LogP contribution in [0.5, 0.6) is 0 Å². The lowest BCUT2D eigenvalue weighted by atomic mass is 9.86. The van der Waals surface area contributed by atoms with Crippen molar-refractivity contribution in [3.8, 4) is 0 Å². The predicted molar refractivity (Wildman–Crippen MR) is 115 cm³/mol. The van der Waals surface area contributed by atoms with Crippen LogP contribution in [-0.4, -0.2) is 74.7 Å². The fraction of sp³-hybridized carbons (Fsp3) is 0.895. The highest BCUT2D eigenvalue weighted by molar-refractivity contribution is 14.0. The normalized spacial score (nSPS) is 25.2. The molecule has 6 nitrogen and oxygen atoms in total. The quantitative estimate of drug-likeness (QED) is 0.383. The predicted octanol–water partition coefficient (Wildman–Crippen LogP) is 2.47. The summed E-state index contributed by atoms with van der Waals surface area (Å²) in [7, 11) is 3.56. The second-order valence-corrected chi connectivity index (χ2v) is 8.18. The summed E-state index contributed by atoms with van der Waals surface area (Å²) in [6.45, 7) is 4.00. The number of hydrogen-bond acceptors (Lipinski definition) is 3. The first-order chi connectivity index (χ1) is 12.1. The summed E-state index contributed by atoms with van der Waals surface area (Å²) in [5.41, 5.74) is 0.495. The van der Waals surface area contributed by atoms with Gasteiger partial charge in [0.15, 0.2) is 5.96 Å². The minimum absolute atomic E-state index is 0. The zero-order valence-electron chi connectivity index (χ0n) is 16.3. The third kappa shape index (κ3) is 5.71. The summed E-state index contributed by atoms with van der Waals surface area (Å²) in [5.74, 6) is 0.941. The number of rotatable bonds is 4. The molecule has 0 bridgehead atoms. The number of carbonyl (C=O) groups excluding carboxylic acids is 1. The number of nitrogens with zero attached hydrogens (tertiary/aromatic N) is 3. The number of likely N-dealkylation sites (N-methyl/N-ethyl adjacent to an activating group) is 1. The second-order valence-electron chi connectivity index (χ2n) is 8.18. The van der Waals surface area contributed by atoms with Crippen molar-refractivity contribution in [1.82, 2.24) is 15.1 Å². The Morgan fingerprint density at radius 1 is 1.23 bits per heavy atom. The molecule has 2 aliphatic heterocycles. The van der Waals surface area contributed by atoms with E-state index in [1.807, 2.05) is 0 Å². The number of halogens is 1. The van der Waals surface area contributed by atoms with E-state index < -0.39 is 0 Å². The first kappa shape index (κ1) is 21.7. The number of guanidine groups is 1. The SMILES string of the molecule is CN(C)C(=O)CN=C(NCC1CCCCO1)N1CCC2(CCCC2)C1.I. The number of aliphatic imine (C=N–C) groups is 1. The molecule has 2 heterocycles. The van der Waals surface area contributed by atoms with Gasteiger partial charge in [-0.05, 0) is 43.9 Å². The van der Waals surface area contributed by atoms with Crippen LogP contribution in [0.1, 0.15) is 51.4 Å². The van der Waals surface area contributed by atoms with E-state index in [1.165, 1.54) is 44.9 Å². The number of nitrogens with one attached hydrogen (secondary N) is 1. The van der Waals surface area contributed by atoms with E-state index in [0.29, 0.717) is 5.41 Å². The fourth-order valence-corrected chi connectivity index (χ4v) is 4.37. The Bertz CT molecular complexity index is 486. The molecule has 7 heteroatoms. The number of ether oxygens (including phenoxy) is 1. The molecule has 3 rings (SSSR count). The van der Waals surface area contributed by atoms with Crippen LogP contribution in [0.15, 0.2) is 4.99 Å². The maximum atomic E-state index is 12.0. The van der Waals surface area contributed by atoms with Gasteiger partial charge in [0.05, 0.1) is 6.10 Å². The van der Waals surface area contributed by atoms with Gasteiger partial charge in [-0.15, -0.1) is 24.0 Å².